The normalized spacial score (nSPS) is 15.9. The third-order valence-corrected chi connectivity index (χ3v) is 4.04. The largest absolute Gasteiger partial charge is 0.465 e. The maximum atomic E-state index is 12.7. The maximum Gasteiger partial charge on any atom is 0.337 e. The van der Waals surface area contributed by atoms with Gasteiger partial charge in [0.25, 0.3) is 0 Å². The van der Waals surface area contributed by atoms with Crippen molar-refractivity contribution in [3.05, 3.63) is 35.4 Å². The highest BCUT2D eigenvalue weighted by atomic mass is 35.5. The van der Waals surface area contributed by atoms with Gasteiger partial charge in [0.2, 0.25) is 0 Å². The van der Waals surface area contributed by atoms with E-state index in [0.717, 1.165) is 25.9 Å². The summed E-state index contributed by atoms with van der Waals surface area (Å²) in [5, 5.41) is 0. The minimum atomic E-state index is -0.376. The minimum absolute atomic E-state index is 0. The molecule has 0 N–H and O–H groups in total. The molecule has 2 rings (SSSR count). The molecule has 0 aliphatic carbocycles. The molecule has 0 spiro atoms. The molecular formula is C17H24ClNO3. The summed E-state index contributed by atoms with van der Waals surface area (Å²) in [5.41, 5.74) is 1.15. The second kappa shape index (κ2) is 8.91. The summed E-state index contributed by atoms with van der Waals surface area (Å²) in [5.74, 6) is -0.214. The summed E-state index contributed by atoms with van der Waals surface area (Å²) in [6.45, 7) is 4.13. The average Bonchev–Trinajstić information content (AvgIpc) is 3.05. The average molecular weight is 326 g/mol. The Balaban J connectivity index is 0.00000242. The molecule has 22 heavy (non-hydrogen) atoms. The number of rotatable bonds is 6. The van der Waals surface area contributed by atoms with E-state index in [4.69, 9.17) is 0 Å². The summed E-state index contributed by atoms with van der Waals surface area (Å²) < 4.78 is 4.67. The number of carbonyl (C=O) groups is 2. The van der Waals surface area contributed by atoms with Crippen molar-refractivity contribution in [2.45, 2.75) is 38.6 Å². The Kier molecular flexibility index (Phi) is 7.56. The van der Waals surface area contributed by atoms with Gasteiger partial charge >= 0.3 is 5.97 Å². The van der Waals surface area contributed by atoms with Gasteiger partial charge in [-0.05, 0) is 44.5 Å². The first kappa shape index (κ1) is 18.7. The molecule has 1 saturated heterocycles. The van der Waals surface area contributed by atoms with Crippen LogP contribution in [-0.4, -0.2) is 42.9 Å². The lowest BCUT2D eigenvalue weighted by Crippen LogP contribution is -2.39. The molecule has 0 aromatic heterocycles. The number of ether oxygens (including phenoxy) is 1. The number of esters is 1. The van der Waals surface area contributed by atoms with Crippen molar-refractivity contribution >= 4 is 24.2 Å². The van der Waals surface area contributed by atoms with E-state index in [-0.39, 0.29) is 30.2 Å². The molecule has 1 aromatic rings. The van der Waals surface area contributed by atoms with Crippen LogP contribution in [0.25, 0.3) is 0 Å². The van der Waals surface area contributed by atoms with Gasteiger partial charge in [-0.25, -0.2) is 4.79 Å². The summed E-state index contributed by atoms with van der Waals surface area (Å²) in [6.07, 6.45) is 4.23. The van der Waals surface area contributed by atoms with Crippen molar-refractivity contribution in [2.24, 2.45) is 0 Å². The van der Waals surface area contributed by atoms with Crippen molar-refractivity contribution in [2.75, 3.05) is 20.2 Å². The Bertz CT molecular complexity index is 495. The van der Waals surface area contributed by atoms with E-state index < -0.39 is 0 Å². The molecule has 1 atom stereocenters. The predicted octanol–water partition coefficient (Wildman–Crippen LogP) is 3.34. The first-order chi connectivity index (χ1) is 10.2. The Morgan fingerprint density at radius 3 is 2.18 bits per heavy atom. The highest BCUT2D eigenvalue weighted by Crippen LogP contribution is 2.20. The molecule has 1 fully saturated rings. The molecule has 5 heteroatoms. The Labute approximate surface area is 138 Å². The van der Waals surface area contributed by atoms with E-state index in [1.807, 2.05) is 0 Å². The standard InChI is InChI=1S/C17H23NO3.ClH/c1-3-6-15(18-11-4-5-12-18)16(19)13-7-9-14(10-8-13)17(20)21-2;/h7-10,15H,3-6,11-12H2,1-2H3;1H. The van der Waals surface area contributed by atoms with Gasteiger partial charge in [-0.3, -0.25) is 9.69 Å². The van der Waals surface area contributed by atoms with Crippen molar-refractivity contribution < 1.29 is 14.3 Å². The van der Waals surface area contributed by atoms with Gasteiger partial charge in [0, 0.05) is 5.56 Å². The monoisotopic (exact) mass is 325 g/mol. The number of methoxy groups -OCH3 is 1. The molecule has 1 aromatic carbocycles. The van der Waals surface area contributed by atoms with Crippen molar-refractivity contribution in [3.8, 4) is 0 Å². The zero-order chi connectivity index (χ0) is 15.2. The smallest absolute Gasteiger partial charge is 0.337 e. The van der Waals surface area contributed by atoms with Crippen molar-refractivity contribution in [1.29, 1.82) is 0 Å². The molecule has 1 heterocycles. The minimum Gasteiger partial charge on any atom is -0.465 e. The number of nitrogens with zero attached hydrogens (tertiary/aromatic N) is 1. The van der Waals surface area contributed by atoms with E-state index >= 15 is 0 Å². The summed E-state index contributed by atoms with van der Waals surface area (Å²) in [4.78, 5) is 26.4. The van der Waals surface area contributed by atoms with Gasteiger partial charge in [-0.2, -0.15) is 0 Å². The van der Waals surface area contributed by atoms with Crippen LogP contribution in [0.15, 0.2) is 24.3 Å². The van der Waals surface area contributed by atoms with Crippen LogP contribution < -0.4 is 0 Å². The SMILES string of the molecule is CCCC(C(=O)c1ccc(C(=O)OC)cc1)N1CCCC1.Cl. The van der Waals surface area contributed by atoms with E-state index in [0.29, 0.717) is 11.1 Å². The van der Waals surface area contributed by atoms with Gasteiger partial charge < -0.3 is 4.74 Å². The number of hydrogen-bond donors (Lipinski definition) is 0. The number of hydrogen-bond acceptors (Lipinski definition) is 4. The molecule has 0 bridgehead atoms. The first-order valence-electron chi connectivity index (χ1n) is 7.64. The van der Waals surface area contributed by atoms with E-state index in [1.54, 1.807) is 24.3 Å². The Hall–Kier alpha value is -1.39. The maximum absolute atomic E-state index is 12.7. The summed E-state index contributed by atoms with van der Waals surface area (Å²) in [6, 6.07) is 6.75. The predicted molar refractivity (Wildman–Crippen MR) is 88.9 cm³/mol. The number of ketones is 1. The van der Waals surface area contributed by atoms with Gasteiger partial charge in [0.15, 0.2) is 5.78 Å². The number of halogens is 1. The van der Waals surface area contributed by atoms with Gasteiger partial charge in [0.05, 0.1) is 18.7 Å². The van der Waals surface area contributed by atoms with Gasteiger partial charge in [-0.15, -0.1) is 12.4 Å². The molecule has 1 aliphatic rings. The second-order valence-electron chi connectivity index (χ2n) is 5.48. The molecule has 1 aliphatic heterocycles. The van der Waals surface area contributed by atoms with E-state index in [1.165, 1.54) is 20.0 Å². The fourth-order valence-corrected chi connectivity index (χ4v) is 2.89. The van der Waals surface area contributed by atoms with Gasteiger partial charge in [0.1, 0.15) is 0 Å². The fourth-order valence-electron chi connectivity index (χ4n) is 2.89. The zero-order valence-corrected chi connectivity index (χ0v) is 14.0. The molecular weight excluding hydrogens is 302 g/mol. The molecule has 4 nitrogen and oxygen atoms in total. The Morgan fingerprint density at radius 2 is 1.68 bits per heavy atom. The van der Waals surface area contributed by atoms with Crippen molar-refractivity contribution in [1.82, 2.24) is 4.90 Å². The van der Waals surface area contributed by atoms with E-state index in [2.05, 4.69) is 16.6 Å². The topological polar surface area (TPSA) is 46.6 Å². The van der Waals surface area contributed by atoms with E-state index in [9.17, 15) is 9.59 Å². The third-order valence-electron chi connectivity index (χ3n) is 4.04. The van der Waals surface area contributed by atoms with Crippen LogP contribution in [0.3, 0.4) is 0 Å². The summed E-state index contributed by atoms with van der Waals surface area (Å²) in [7, 11) is 1.35. The van der Waals surface area contributed by atoms with Crippen LogP contribution in [-0.2, 0) is 4.74 Å². The lowest BCUT2D eigenvalue weighted by atomic mass is 9.98. The third kappa shape index (κ3) is 4.31. The number of benzene rings is 1. The molecule has 0 saturated carbocycles. The molecule has 0 radical (unpaired) electrons. The van der Waals surface area contributed by atoms with Crippen LogP contribution in [0.2, 0.25) is 0 Å². The van der Waals surface area contributed by atoms with Gasteiger partial charge in [-0.1, -0.05) is 25.5 Å². The zero-order valence-electron chi connectivity index (χ0n) is 13.2. The Morgan fingerprint density at radius 1 is 1.14 bits per heavy atom. The van der Waals surface area contributed by atoms with Crippen LogP contribution >= 0.6 is 12.4 Å². The molecule has 0 amide bonds. The molecule has 122 valence electrons. The lowest BCUT2D eigenvalue weighted by Gasteiger charge is -2.26. The molecule has 1 unspecified atom stereocenters. The first-order valence-corrected chi connectivity index (χ1v) is 7.64. The quantitative estimate of drug-likeness (QED) is 0.594. The second-order valence-corrected chi connectivity index (χ2v) is 5.48. The number of Topliss-reactive ketones (excluding diaryl/α,β-unsaturated/α-hetero) is 1. The summed E-state index contributed by atoms with van der Waals surface area (Å²) >= 11 is 0. The number of carbonyl (C=O) groups excluding carboxylic acids is 2. The van der Waals surface area contributed by atoms with Crippen LogP contribution in [0, 0.1) is 0 Å². The highest BCUT2D eigenvalue weighted by Gasteiger charge is 2.28. The number of likely N-dealkylation sites (tertiary alicyclic amines) is 1. The highest BCUT2D eigenvalue weighted by molar-refractivity contribution is 6.01. The van der Waals surface area contributed by atoms with Crippen LogP contribution in [0.5, 0.6) is 0 Å². The lowest BCUT2D eigenvalue weighted by molar-refractivity contribution is 0.0600. The van der Waals surface area contributed by atoms with Crippen molar-refractivity contribution in [3.63, 3.8) is 0 Å². The van der Waals surface area contributed by atoms with Crippen LogP contribution in [0.1, 0.15) is 53.3 Å². The fraction of sp³-hybridized carbons (Fsp3) is 0.529. The van der Waals surface area contributed by atoms with Crippen LogP contribution in [0.4, 0.5) is 0 Å².